The molecule has 3 rings (SSSR count). The SMILES string of the molecule is Cc1nc(C)c(NC(=O)N2CCOC[C@@H]2c2nnc(C(C)C)o2)s1. The van der Waals surface area contributed by atoms with Crippen molar-refractivity contribution in [2.24, 2.45) is 0 Å². The van der Waals surface area contributed by atoms with Gasteiger partial charge in [0, 0.05) is 12.5 Å². The molecule has 130 valence electrons. The Morgan fingerprint density at radius 2 is 2.17 bits per heavy atom. The van der Waals surface area contributed by atoms with Crippen molar-refractivity contribution >= 4 is 22.4 Å². The van der Waals surface area contributed by atoms with E-state index in [-0.39, 0.29) is 18.0 Å². The van der Waals surface area contributed by atoms with Crippen LogP contribution in [0.15, 0.2) is 4.42 Å². The first kappa shape index (κ1) is 16.8. The minimum Gasteiger partial charge on any atom is -0.423 e. The molecule has 0 bridgehead atoms. The lowest BCUT2D eigenvalue weighted by atomic mass is 10.2. The Morgan fingerprint density at radius 1 is 1.38 bits per heavy atom. The van der Waals surface area contributed by atoms with Crippen LogP contribution >= 0.6 is 11.3 Å². The van der Waals surface area contributed by atoms with Gasteiger partial charge in [-0.05, 0) is 13.8 Å². The third-order valence-electron chi connectivity index (χ3n) is 3.75. The van der Waals surface area contributed by atoms with Crippen LogP contribution < -0.4 is 5.32 Å². The first-order valence-corrected chi connectivity index (χ1v) is 8.70. The second kappa shape index (κ2) is 6.86. The Hall–Kier alpha value is -2.00. The number of rotatable bonds is 3. The number of ether oxygens (including phenoxy) is 1. The van der Waals surface area contributed by atoms with Crippen LogP contribution in [0.2, 0.25) is 0 Å². The van der Waals surface area contributed by atoms with E-state index in [0.29, 0.717) is 31.5 Å². The summed E-state index contributed by atoms with van der Waals surface area (Å²) in [5, 5.41) is 12.7. The normalized spacial score (nSPS) is 18.2. The molecule has 1 N–H and O–H groups in total. The summed E-state index contributed by atoms with van der Waals surface area (Å²) in [5.41, 5.74) is 0.815. The summed E-state index contributed by atoms with van der Waals surface area (Å²) in [6.45, 7) is 9.04. The molecule has 9 heteroatoms. The third kappa shape index (κ3) is 3.41. The predicted octanol–water partition coefficient (Wildman–Crippen LogP) is 2.87. The average Bonchev–Trinajstić information content (AvgIpc) is 3.14. The van der Waals surface area contributed by atoms with Gasteiger partial charge in [-0.1, -0.05) is 13.8 Å². The molecular weight excluding hydrogens is 330 g/mol. The van der Waals surface area contributed by atoms with E-state index in [1.807, 2.05) is 27.7 Å². The average molecular weight is 351 g/mol. The molecule has 8 nitrogen and oxygen atoms in total. The number of thiazole rings is 1. The molecule has 3 heterocycles. The molecule has 0 saturated carbocycles. The number of carbonyl (C=O) groups excluding carboxylic acids is 1. The van der Waals surface area contributed by atoms with Gasteiger partial charge in [0.15, 0.2) is 0 Å². The number of hydrogen-bond acceptors (Lipinski definition) is 7. The molecule has 0 radical (unpaired) electrons. The second-order valence-corrected chi connectivity index (χ2v) is 7.20. The van der Waals surface area contributed by atoms with Crippen LogP contribution in [0, 0.1) is 13.8 Å². The number of amides is 2. The van der Waals surface area contributed by atoms with Crippen molar-refractivity contribution in [2.75, 3.05) is 25.1 Å². The summed E-state index contributed by atoms with van der Waals surface area (Å²) < 4.78 is 11.2. The summed E-state index contributed by atoms with van der Waals surface area (Å²) in [6, 6.07) is -0.590. The van der Waals surface area contributed by atoms with E-state index in [2.05, 4.69) is 20.5 Å². The van der Waals surface area contributed by atoms with E-state index >= 15 is 0 Å². The molecule has 1 fully saturated rings. The van der Waals surface area contributed by atoms with Gasteiger partial charge in [-0.25, -0.2) is 9.78 Å². The maximum absolute atomic E-state index is 12.7. The van der Waals surface area contributed by atoms with Gasteiger partial charge in [-0.2, -0.15) is 0 Å². The molecule has 0 unspecified atom stereocenters. The highest BCUT2D eigenvalue weighted by molar-refractivity contribution is 7.16. The molecule has 0 spiro atoms. The van der Waals surface area contributed by atoms with Gasteiger partial charge in [0.25, 0.3) is 0 Å². The van der Waals surface area contributed by atoms with Crippen LogP contribution in [-0.4, -0.2) is 45.9 Å². The number of aryl methyl sites for hydroxylation is 2. The predicted molar refractivity (Wildman–Crippen MR) is 89.3 cm³/mol. The van der Waals surface area contributed by atoms with Crippen molar-refractivity contribution in [2.45, 2.75) is 39.7 Å². The zero-order chi connectivity index (χ0) is 17.3. The van der Waals surface area contributed by atoms with Crippen LogP contribution in [0.5, 0.6) is 0 Å². The number of nitrogens with zero attached hydrogens (tertiary/aromatic N) is 4. The number of hydrogen-bond donors (Lipinski definition) is 1. The first-order valence-electron chi connectivity index (χ1n) is 7.88. The molecule has 1 atom stereocenters. The van der Waals surface area contributed by atoms with Crippen molar-refractivity contribution in [1.82, 2.24) is 20.1 Å². The van der Waals surface area contributed by atoms with E-state index in [4.69, 9.17) is 9.15 Å². The molecule has 1 aliphatic rings. The largest absolute Gasteiger partial charge is 0.423 e. The van der Waals surface area contributed by atoms with Crippen LogP contribution in [0.4, 0.5) is 9.80 Å². The van der Waals surface area contributed by atoms with E-state index in [1.54, 1.807) is 4.90 Å². The minimum atomic E-state index is -0.381. The van der Waals surface area contributed by atoms with Gasteiger partial charge in [-0.3, -0.25) is 5.32 Å². The van der Waals surface area contributed by atoms with E-state index in [0.717, 1.165) is 15.7 Å². The molecule has 2 amide bonds. The lowest BCUT2D eigenvalue weighted by molar-refractivity contribution is 0.00495. The Labute approximate surface area is 144 Å². The molecule has 2 aromatic heterocycles. The highest BCUT2D eigenvalue weighted by atomic mass is 32.1. The van der Waals surface area contributed by atoms with Crippen molar-refractivity contribution in [3.05, 3.63) is 22.5 Å². The van der Waals surface area contributed by atoms with Crippen LogP contribution in [0.25, 0.3) is 0 Å². The summed E-state index contributed by atoms with van der Waals surface area (Å²) in [6.07, 6.45) is 0. The monoisotopic (exact) mass is 351 g/mol. The van der Waals surface area contributed by atoms with Gasteiger partial charge in [0.2, 0.25) is 11.8 Å². The Bertz CT molecular complexity index is 727. The van der Waals surface area contributed by atoms with Gasteiger partial charge in [0.05, 0.1) is 23.9 Å². The Balaban J connectivity index is 1.78. The maximum atomic E-state index is 12.7. The zero-order valence-electron chi connectivity index (χ0n) is 14.2. The Kier molecular flexibility index (Phi) is 4.81. The van der Waals surface area contributed by atoms with Gasteiger partial charge in [-0.15, -0.1) is 21.5 Å². The minimum absolute atomic E-state index is 0.140. The molecule has 1 saturated heterocycles. The quantitative estimate of drug-likeness (QED) is 0.914. The molecule has 0 aliphatic carbocycles. The molecular formula is C15H21N5O3S. The van der Waals surface area contributed by atoms with Crippen molar-refractivity contribution in [1.29, 1.82) is 0 Å². The van der Waals surface area contributed by atoms with E-state index in [9.17, 15) is 4.79 Å². The van der Waals surface area contributed by atoms with Crippen molar-refractivity contribution in [3.63, 3.8) is 0 Å². The lowest BCUT2D eigenvalue weighted by Crippen LogP contribution is -2.45. The maximum Gasteiger partial charge on any atom is 0.323 e. The number of aromatic nitrogens is 3. The molecule has 24 heavy (non-hydrogen) atoms. The van der Waals surface area contributed by atoms with Crippen LogP contribution in [0.3, 0.4) is 0 Å². The van der Waals surface area contributed by atoms with E-state index in [1.165, 1.54) is 11.3 Å². The number of morpholine rings is 1. The fourth-order valence-electron chi connectivity index (χ4n) is 2.48. The molecule has 0 aromatic carbocycles. The Morgan fingerprint density at radius 3 is 2.79 bits per heavy atom. The van der Waals surface area contributed by atoms with E-state index < -0.39 is 0 Å². The lowest BCUT2D eigenvalue weighted by Gasteiger charge is -2.33. The third-order valence-corrected chi connectivity index (χ3v) is 4.74. The second-order valence-electron chi connectivity index (χ2n) is 5.99. The van der Waals surface area contributed by atoms with Crippen molar-refractivity contribution in [3.8, 4) is 0 Å². The standard InChI is InChI=1S/C15H21N5O3S/c1-8(2)12-18-19-13(23-12)11-7-22-6-5-20(11)15(21)17-14-9(3)16-10(4)24-14/h8,11H,5-7H2,1-4H3,(H,17,21)/t11-/m1/s1. The van der Waals surface area contributed by atoms with Gasteiger partial charge in [0.1, 0.15) is 11.0 Å². The highest BCUT2D eigenvalue weighted by Gasteiger charge is 2.33. The summed E-state index contributed by atoms with van der Waals surface area (Å²) in [4.78, 5) is 18.7. The first-order chi connectivity index (χ1) is 11.5. The summed E-state index contributed by atoms with van der Waals surface area (Å²) in [7, 11) is 0. The fraction of sp³-hybridized carbons (Fsp3) is 0.600. The highest BCUT2D eigenvalue weighted by Crippen LogP contribution is 2.28. The smallest absolute Gasteiger partial charge is 0.323 e. The van der Waals surface area contributed by atoms with Gasteiger partial charge >= 0.3 is 6.03 Å². The van der Waals surface area contributed by atoms with Crippen molar-refractivity contribution < 1.29 is 13.9 Å². The van der Waals surface area contributed by atoms with Crippen LogP contribution in [0.1, 0.15) is 48.3 Å². The number of urea groups is 1. The zero-order valence-corrected chi connectivity index (χ0v) is 15.0. The molecule has 1 aliphatic heterocycles. The number of carbonyl (C=O) groups is 1. The topological polar surface area (TPSA) is 93.4 Å². The number of nitrogens with one attached hydrogen (secondary N) is 1. The summed E-state index contributed by atoms with van der Waals surface area (Å²) in [5.74, 6) is 1.11. The van der Waals surface area contributed by atoms with Crippen LogP contribution in [-0.2, 0) is 4.74 Å². The summed E-state index contributed by atoms with van der Waals surface area (Å²) >= 11 is 1.46. The fourth-order valence-corrected chi connectivity index (χ4v) is 3.29. The van der Waals surface area contributed by atoms with Gasteiger partial charge < -0.3 is 14.1 Å². The molecule has 2 aromatic rings. The number of anilines is 1.